The number of hydrogen-bond donors (Lipinski definition) is 1. The summed E-state index contributed by atoms with van der Waals surface area (Å²) in [5, 5.41) is 10.8. The second-order valence-electron chi connectivity index (χ2n) is 5.74. The van der Waals surface area contributed by atoms with Crippen molar-refractivity contribution in [2.45, 2.75) is 10.4 Å². The Hall–Kier alpha value is -2.09. The molecule has 1 amide bonds. The Morgan fingerprint density at radius 3 is 2.90 bits per heavy atom. The van der Waals surface area contributed by atoms with Crippen LogP contribution in [0.2, 0.25) is 5.02 Å². The smallest absolute Gasteiger partial charge is 0.316 e. The number of anilines is 2. The summed E-state index contributed by atoms with van der Waals surface area (Å²) in [6.07, 6.45) is -0.0680. The van der Waals surface area contributed by atoms with Crippen molar-refractivity contribution in [3.8, 4) is 5.75 Å². The van der Waals surface area contributed by atoms with Crippen LogP contribution in [-0.2, 0) is 24.3 Å². The summed E-state index contributed by atoms with van der Waals surface area (Å²) >= 11 is 8.14. The zero-order chi connectivity index (χ0) is 21.2. The minimum Gasteiger partial charge on any atom is -0.476 e. The highest BCUT2D eigenvalue weighted by Crippen LogP contribution is 2.37. The van der Waals surface area contributed by atoms with Gasteiger partial charge in [-0.2, -0.15) is 0 Å². The summed E-state index contributed by atoms with van der Waals surface area (Å²) < 4.78 is 36.1. The third kappa shape index (κ3) is 5.29. The molecule has 0 fully saturated rings. The van der Waals surface area contributed by atoms with Crippen LogP contribution in [0.1, 0.15) is 0 Å². The number of fused-ring (bicyclic) bond motifs is 1. The number of thioether (sulfide) groups is 1. The lowest BCUT2D eigenvalue weighted by Crippen LogP contribution is -2.48. The van der Waals surface area contributed by atoms with Crippen LogP contribution in [0.4, 0.5) is 10.8 Å². The maximum absolute atomic E-state index is 12.6. The quantitative estimate of drug-likeness (QED) is 0.374. The van der Waals surface area contributed by atoms with Crippen LogP contribution in [0.3, 0.4) is 0 Å². The summed E-state index contributed by atoms with van der Waals surface area (Å²) in [7, 11) is -2.38. The molecule has 0 radical (unpaired) electrons. The Morgan fingerprint density at radius 1 is 1.45 bits per heavy atom. The van der Waals surface area contributed by atoms with Crippen molar-refractivity contribution in [3.63, 3.8) is 0 Å². The van der Waals surface area contributed by atoms with E-state index < -0.39 is 28.0 Å². The molecular weight excluding hydrogens is 464 g/mol. The topological polar surface area (TPSA) is 128 Å². The molecule has 3 rings (SSSR count). The molecule has 14 heteroatoms. The maximum atomic E-state index is 12.6. The first-order valence-electron chi connectivity index (χ1n) is 7.95. The molecule has 2 aromatic rings. The first-order valence-corrected chi connectivity index (χ1v) is 12.0. The molecule has 1 atom stereocenters. The SMILES string of the molecule is COC(=O)CSc1nnc(NC(=O)[C@@H]2CN(S(C)(=O)=O)c3cc(Cl)ccc3O2)s1. The van der Waals surface area contributed by atoms with Crippen molar-refractivity contribution >= 4 is 67.4 Å². The van der Waals surface area contributed by atoms with Crippen molar-refractivity contribution in [1.82, 2.24) is 10.2 Å². The van der Waals surface area contributed by atoms with Gasteiger partial charge < -0.3 is 9.47 Å². The fourth-order valence-electron chi connectivity index (χ4n) is 2.36. The van der Waals surface area contributed by atoms with Crippen LogP contribution in [-0.4, -0.2) is 62.3 Å². The highest BCUT2D eigenvalue weighted by molar-refractivity contribution is 8.01. The van der Waals surface area contributed by atoms with E-state index in [1.165, 1.54) is 25.3 Å². The summed E-state index contributed by atoms with van der Waals surface area (Å²) in [4.78, 5) is 23.8. The van der Waals surface area contributed by atoms with Gasteiger partial charge in [0, 0.05) is 5.02 Å². The van der Waals surface area contributed by atoms with E-state index in [4.69, 9.17) is 16.3 Å². The van der Waals surface area contributed by atoms with Gasteiger partial charge in [-0.25, -0.2) is 8.42 Å². The predicted octanol–water partition coefficient (Wildman–Crippen LogP) is 1.62. The molecule has 2 heterocycles. The molecule has 0 saturated carbocycles. The second kappa shape index (κ2) is 8.73. The fraction of sp³-hybridized carbons (Fsp3) is 0.333. The Morgan fingerprint density at radius 2 is 2.21 bits per heavy atom. The number of nitrogens with one attached hydrogen (secondary N) is 1. The average Bonchev–Trinajstić information content (AvgIpc) is 3.11. The molecule has 0 saturated heterocycles. The molecule has 0 aliphatic carbocycles. The average molecular weight is 479 g/mol. The molecule has 0 spiro atoms. The molecule has 0 bridgehead atoms. The van der Waals surface area contributed by atoms with Crippen molar-refractivity contribution in [1.29, 1.82) is 0 Å². The molecule has 1 aromatic heterocycles. The van der Waals surface area contributed by atoms with Crippen LogP contribution in [0.15, 0.2) is 22.5 Å². The number of sulfonamides is 1. The first-order chi connectivity index (χ1) is 13.7. The Labute approximate surface area is 179 Å². The number of carbonyl (C=O) groups is 2. The molecule has 10 nitrogen and oxygen atoms in total. The van der Waals surface area contributed by atoms with E-state index in [-0.39, 0.29) is 28.9 Å². The van der Waals surface area contributed by atoms with E-state index in [2.05, 4.69) is 20.3 Å². The Bertz CT molecular complexity index is 1040. The molecule has 1 aliphatic heterocycles. The van der Waals surface area contributed by atoms with Gasteiger partial charge in [0.2, 0.25) is 15.2 Å². The summed E-state index contributed by atoms with van der Waals surface area (Å²) in [5.41, 5.74) is 0.265. The van der Waals surface area contributed by atoms with Gasteiger partial charge in [-0.15, -0.1) is 10.2 Å². The second-order valence-corrected chi connectivity index (χ2v) is 10.3. The Kier molecular flexibility index (Phi) is 6.51. The van der Waals surface area contributed by atoms with Crippen LogP contribution in [0, 0.1) is 0 Å². The standard InChI is InChI=1S/C15H15ClN4O6S3/c1-25-12(21)7-27-15-19-18-14(28-15)17-13(22)11-6-20(29(2,23)24)9-5-8(16)3-4-10(9)26-11/h3-5,11H,6-7H2,1-2H3,(H,17,18,22)/t11-/m0/s1. The minimum absolute atomic E-state index is 0.0630. The number of ether oxygens (including phenoxy) is 2. The zero-order valence-corrected chi connectivity index (χ0v) is 18.3. The third-order valence-electron chi connectivity index (χ3n) is 3.66. The molecule has 1 aromatic carbocycles. The number of methoxy groups -OCH3 is 1. The van der Waals surface area contributed by atoms with Crippen molar-refractivity contribution < 1.29 is 27.5 Å². The highest BCUT2D eigenvalue weighted by atomic mass is 35.5. The van der Waals surface area contributed by atoms with Crippen LogP contribution in [0.5, 0.6) is 5.75 Å². The normalized spacial score (nSPS) is 16.0. The number of rotatable bonds is 6. The van der Waals surface area contributed by atoms with E-state index in [9.17, 15) is 18.0 Å². The van der Waals surface area contributed by atoms with E-state index in [0.29, 0.717) is 9.36 Å². The van der Waals surface area contributed by atoms with E-state index in [1.54, 1.807) is 0 Å². The number of amides is 1. The number of aromatic nitrogens is 2. The number of hydrogen-bond acceptors (Lipinski definition) is 10. The molecule has 156 valence electrons. The number of nitrogens with zero attached hydrogens (tertiary/aromatic N) is 3. The fourth-order valence-corrected chi connectivity index (χ4v) is 5.02. The molecule has 29 heavy (non-hydrogen) atoms. The number of carbonyl (C=O) groups excluding carboxylic acids is 2. The zero-order valence-electron chi connectivity index (χ0n) is 15.1. The maximum Gasteiger partial charge on any atom is 0.316 e. The van der Waals surface area contributed by atoms with E-state index in [1.807, 2.05) is 0 Å². The monoisotopic (exact) mass is 478 g/mol. The largest absolute Gasteiger partial charge is 0.476 e. The number of benzene rings is 1. The number of esters is 1. The van der Waals surface area contributed by atoms with Gasteiger partial charge in [0.15, 0.2) is 10.4 Å². The van der Waals surface area contributed by atoms with Gasteiger partial charge in [0.05, 0.1) is 31.4 Å². The van der Waals surface area contributed by atoms with Crippen LogP contribution >= 0.6 is 34.7 Å². The lowest BCUT2D eigenvalue weighted by Gasteiger charge is -2.33. The van der Waals surface area contributed by atoms with Crippen molar-refractivity contribution in [3.05, 3.63) is 23.2 Å². The van der Waals surface area contributed by atoms with Crippen molar-refractivity contribution in [2.75, 3.05) is 35.3 Å². The first kappa shape index (κ1) is 21.6. The van der Waals surface area contributed by atoms with Gasteiger partial charge >= 0.3 is 5.97 Å². The van der Waals surface area contributed by atoms with Gasteiger partial charge in [0.25, 0.3) is 5.91 Å². The van der Waals surface area contributed by atoms with Gasteiger partial charge in [-0.3, -0.25) is 19.2 Å². The summed E-state index contributed by atoms with van der Waals surface area (Å²) in [6, 6.07) is 4.50. The molecule has 1 N–H and O–H groups in total. The highest BCUT2D eigenvalue weighted by Gasteiger charge is 2.35. The molecule has 1 aliphatic rings. The van der Waals surface area contributed by atoms with Crippen LogP contribution < -0.4 is 14.4 Å². The molecular formula is C15H15ClN4O6S3. The molecule has 0 unspecified atom stereocenters. The van der Waals surface area contributed by atoms with Gasteiger partial charge in [-0.05, 0) is 18.2 Å². The predicted molar refractivity (Wildman–Crippen MR) is 109 cm³/mol. The van der Waals surface area contributed by atoms with Gasteiger partial charge in [-0.1, -0.05) is 34.7 Å². The third-order valence-corrected chi connectivity index (χ3v) is 6.99. The lowest BCUT2D eigenvalue weighted by molar-refractivity contribution is -0.137. The van der Waals surface area contributed by atoms with Crippen molar-refractivity contribution in [2.24, 2.45) is 0 Å². The Balaban J connectivity index is 1.72. The minimum atomic E-state index is -3.67. The van der Waals surface area contributed by atoms with Gasteiger partial charge in [0.1, 0.15) is 5.75 Å². The summed E-state index contributed by atoms with van der Waals surface area (Å²) in [5.74, 6) is -0.711. The van der Waals surface area contributed by atoms with E-state index >= 15 is 0 Å². The van der Waals surface area contributed by atoms with E-state index in [0.717, 1.165) is 33.7 Å². The summed E-state index contributed by atoms with van der Waals surface area (Å²) in [6.45, 7) is -0.221. The number of halogens is 1. The van der Waals surface area contributed by atoms with Crippen LogP contribution in [0.25, 0.3) is 0 Å². The lowest BCUT2D eigenvalue weighted by atomic mass is 10.2.